The van der Waals surface area contributed by atoms with Crippen LogP contribution in [0.2, 0.25) is 0 Å². The molecule has 0 bridgehead atoms. The van der Waals surface area contributed by atoms with E-state index in [1.807, 2.05) is 42.5 Å². The molecule has 0 unspecified atom stereocenters. The van der Waals surface area contributed by atoms with E-state index in [4.69, 9.17) is 10.2 Å². The molecule has 0 atom stereocenters. The Hall–Kier alpha value is -2.86. The van der Waals surface area contributed by atoms with Gasteiger partial charge in [0, 0.05) is 17.8 Å². The van der Waals surface area contributed by atoms with Crippen LogP contribution in [0.4, 0.5) is 5.82 Å². The molecule has 1 aliphatic heterocycles. The van der Waals surface area contributed by atoms with Crippen molar-refractivity contribution in [3.63, 3.8) is 0 Å². The summed E-state index contributed by atoms with van der Waals surface area (Å²) in [6.45, 7) is 5.11. The highest BCUT2D eigenvalue weighted by molar-refractivity contribution is 5.63. The van der Waals surface area contributed by atoms with Crippen LogP contribution >= 0.6 is 0 Å². The van der Waals surface area contributed by atoms with Crippen LogP contribution < -0.4 is 4.90 Å². The SMILES string of the molecule is CC1=CC=C(C)N(c2cccc(-c3ccc(CC#N)cc3)n2)C1. The van der Waals surface area contributed by atoms with Gasteiger partial charge in [-0.2, -0.15) is 5.26 Å². The average Bonchev–Trinajstić information content (AvgIpc) is 2.58. The van der Waals surface area contributed by atoms with E-state index in [1.165, 1.54) is 11.3 Å². The first kappa shape index (κ1) is 15.1. The van der Waals surface area contributed by atoms with Crippen molar-refractivity contribution in [3.05, 3.63) is 71.5 Å². The smallest absolute Gasteiger partial charge is 0.133 e. The molecule has 0 N–H and O–H groups in total. The lowest BCUT2D eigenvalue weighted by molar-refractivity contribution is 0.924. The highest BCUT2D eigenvalue weighted by Crippen LogP contribution is 2.25. The normalized spacial score (nSPS) is 14.0. The number of anilines is 1. The number of hydrogen-bond acceptors (Lipinski definition) is 3. The van der Waals surface area contributed by atoms with Gasteiger partial charge in [-0.1, -0.05) is 42.0 Å². The first-order valence-electron chi connectivity index (χ1n) is 7.72. The molecule has 0 saturated heterocycles. The summed E-state index contributed by atoms with van der Waals surface area (Å²) in [6, 6.07) is 16.3. The maximum absolute atomic E-state index is 8.76. The summed E-state index contributed by atoms with van der Waals surface area (Å²) in [5.41, 5.74) is 5.57. The van der Waals surface area contributed by atoms with Crippen LogP contribution in [0, 0.1) is 11.3 Å². The van der Waals surface area contributed by atoms with E-state index in [1.54, 1.807) is 0 Å². The highest BCUT2D eigenvalue weighted by atomic mass is 15.2. The number of aromatic nitrogens is 1. The Labute approximate surface area is 137 Å². The van der Waals surface area contributed by atoms with Crippen LogP contribution in [0.15, 0.2) is 65.9 Å². The second-order valence-corrected chi connectivity index (χ2v) is 5.82. The van der Waals surface area contributed by atoms with E-state index in [-0.39, 0.29) is 0 Å². The number of nitriles is 1. The van der Waals surface area contributed by atoms with Crippen molar-refractivity contribution in [2.24, 2.45) is 0 Å². The van der Waals surface area contributed by atoms with E-state index in [2.05, 4.69) is 37.0 Å². The maximum atomic E-state index is 8.76. The van der Waals surface area contributed by atoms with E-state index in [0.29, 0.717) is 6.42 Å². The van der Waals surface area contributed by atoms with Crippen molar-refractivity contribution >= 4 is 5.82 Å². The molecule has 0 radical (unpaired) electrons. The third-order valence-corrected chi connectivity index (χ3v) is 3.99. The van der Waals surface area contributed by atoms with Gasteiger partial charge in [-0.05, 0) is 37.6 Å². The summed E-state index contributed by atoms with van der Waals surface area (Å²) in [5.74, 6) is 0.963. The zero-order chi connectivity index (χ0) is 16.2. The Morgan fingerprint density at radius 3 is 2.61 bits per heavy atom. The van der Waals surface area contributed by atoms with Gasteiger partial charge in [0.2, 0.25) is 0 Å². The zero-order valence-electron chi connectivity index (χ0n) is 13.5. The van der Waals surface area contributed by atoms with Crippen molar-refractivity contribution in [2.45, 2.75) is 20.3 Å². The molecule has 0 fully saturated rings. The molecule has 2 heterocycles. The molecule has 0 aliphatic carbocycles. The van der Waals surface area contributed by atoms with E-state index < -0.39 is 0 Å². The molecule has 114 valence electrons. The predicted molar refractivity (Wildman–Crippen MR) is 93.9 cm³/mol. The quantitative estimate of drug-likeness (QED) is 0.839. The van der Waals surface area contributed by atoms with Gasteiger partial charge in [-0.15, -0.1) is 0 Å². The standard InChI is InChI=1S/C20H19N3/c1-15-6-7-16(2)23(14-15)20-5-3-4-19(22-20)18-10-8-17(9-11-18)12-13-21/h3-11H,12,14H2,1-2H3. The van der Waals surface area contributed by atoms with Crippen LogP contribution in [0.25, 0.3) is 11.3 Å². The highest BCUT2D eigenvalue weighted by Gasteiger charge is 2.14. The topological polar surface area (TPSA) is 39.9 Å². The number of hydrogen-bond donors (Lipinski definition) is 0. The van der Waals surface area contributed by atoms with E-state index in [0.717, 1.165) is 29.2 Å². The van der Waals surface area contributed by atoms with Crippen LogP contribution in [-0.4, -0.2) is 11.5 Å². The van der Waals surface area contributed by atoms with E-state index in [9.17, 15) is 0 Å². The van der Waals surface area contributed by atoms with Gasteiger partial charge in [-0.3, -0.25) is 0 Å². The Balaban J connectivity index is 1.90. The largest absolute Gasteiger partial charge is 0.326 e. The summed E-state index contributed by atoms with van der Waals surface area (Å²) < 4.78 is 0. The molecule has 1 aromatic heterocycles. The van der Waals surface area contributed by atoms with Gasteiger partial charge in [0.05, 0.1) is 18.2 Å². The van der Waals surface area contributed by atoms with E-state index >= 15 is 0 Å². The fraction of sp³-hybridized carbons (Fsp3) is 0.200. The van der Waals surface area contributed by atoms with Crippen LogP contribution in [0.1, 0.15) is 19.4 Å². The van der Waals surface area contributed by atoms with Gasteiger partial charge in [-0.25, -0.2) is 4.98 Å². The molecule has 23 heavy (non-hydrogen) atoms. The number of benzene rings is 1. The van der Waals surface area contributed by atoms with Gasteiger partial charge >= 0.3 is 0 Å². The second-order valence-electron chi connectivity index (χ2n) is 5.82. The summed E-state index contributed by atoms with van der Waals surface area (Å²) >= 11 is 0. The number of allylic oxidation sites excluding steroid dienone is 3. The molecule has 2 aromatic rings. The fourth-order valence-electron chi connectivity index (χ4n) is 2.66. The molecule has 0 saturated carbocycles. The summed E-state index contributed by atoms with van der Waals surface area (Å²) in [7, 11) is 0. The zero-order valence-corrected chi connectivity index (χ0v) is 13.5. The number of pyridine rings is 1. The first-order valence-corrected chi connectivity index (χ1v) is 7.72. The third kappa shape index (κ3) is 3.32. The minimum absolute atomic E-state index is 0.442. The third-order valence-electron chi connectivity index (χ3n) is 3.99. The maximum Gasteiger partial charge on any atom is 0.133 e. The minimum Gasteiger partial charge on any atom is -0.326 e. The lowest BCUT2D eigenvalue weighted by Gasteiger charge is -2.27. The second kappa shape index (κ2) is 6.50. The molecule has 3 nitrogen and oxygen atoms in total. The van der Waals surface area contributed by atoms with Gasteiger partial charge in [0.25, 0.3) is 0 Å². The molecule has 3 heteroatoms. The predicted octanol–water partition coefficient (Wildman–Crippen LogP) is 4.48. The van der Waals surface area contributed by atoms with Gasteiger partial charge < -0.3 is 4.90 Å². The summed E-state index contributed by atoms with van der Waals surface area (Å²) in [5, 5.41) is 8.76. The minimum atomic E-state index is 0.442. The van der Waals surface area contributed by atoms with Crippen molar-refractivity contribution in [2.75, 3.05) is 11.4 Å². The van der Waals surface area contributed by atoms with Gasteiger partial charge in [0.1, 0.15) is 5.82 Å². The Kier molecular flexibility index (Phi) is 4.25. The van der Waals surface area contributed by atoms with Crippen LogP contribution in [0.5, 0.6) is 0 Å². The number of nitrogens with zero attached hydrogens (tertiary/aromatic N) is 3. The fourth-order valence-corrected chi connectivity index (χ4v) is 2.66. The Bertz CT molecular complexity index is 808. The Morgan fingerprint density at radius 1 is 1.09 bits per heavy atom. The molecule has 3 rings (SSSR count). The van der Waals surface area contributed by atoms with Crippen LogP contribution in [0.3, 0.4) is 0 Å². The molecule has 0 amide bonds. The van der Waals surface area contributed by atoms with Crippen LogP contribution in [-0.2, 0) is 6.42 Å². The molecule has 0 spiro atoms. The van der Waals surface area contributed by atoms with Crippen molar-refractivity contribution in [1.29, 1.82) is 5.26 Å². The molecular formula is C20H19N3. The van der Waals surface area contributed by atoms with Crippen molar-refractivity contribution < 1.29 is 0 Å². The number of rotatable bonds is 3. The Morgan fingerprint density at radius 2 is 1.87 bits per heavy atom. The molecule has 1 aromatic carbocycles. The summed E-state index contributed by atoms with van der Waals surface area (Å²) in [4.78, 5) is 7.05. The molecular weight excluding hydrogens is 282 g/mol. The lowest BCUT2D eigenvalue weighted by atomic mass is 10.1. The monoisotopic (exact) mass is 301 g/mol. The first-order chi connectivity index (χ1) is 11.2. The van der Waals surface area contributed by atoms with Crippen molar-refractivity contribution in [1.82, 2.24) is 4.98 Å². The lowest BCUT2D eigenvalue weighted by Crippen LogP contribution is -2.26. The van der Waals surface area contributed by atoms with Gasteiger partial charge in [0.15, 0.2) is 0 Å². The summed E-state index contributed by atoms with van der Waals surface area (Å²) in [6.07, 6.45) is 4.73. The molecule has 1 aliphatic rings. The average molecular weight is 301 g/mol. The van der Waals surface area contributed by atoms with Crippen molar-refractivity contribution in [3.8, 4) is 17.3 Å².